The molecule has 0 spiro atoms. The molecule has 0 radical (unpaired) electrons. The number of amides is 1. The zero-order valence-corrected chi connectivity index (χ0v) is 12.7. The number of benzene rings is 1. The Balaban J connectivity index is 1.54. The molecule has 116 valence electrons. The van der Waals surface area contributed by atoms with E-state index in [9.17, 15) is 9.90 Å². The largest absolute Gasteiger partial charge is 0.387 e. The molecule has 1 aliphatic rings. The second-order valence-electron chi connectivity index (χ2n) is 5.94. The number of carbonyl (C=O) groups excluding carboxylic acids is 1. The summed E-state index contributed by atoms with van der Waals surface area (Å²) in [5, 5.41) is 13.1. The van der Waals surface area contributed by atoms with Gasteiger partial charge in [0, 0.05) is 37.3 Å². The maximum Gasteiger partial charge on any atom is 0.223 e. The molecule has 22 heavy (non-hydrogen) atoms. The molecule has 0 aliphatic carbocycles. The fourth-order valence-corrected chi connectivity index (χ4v) is 2.93. The highest BCUT2D eigenvalue weighted by Crippen LogP contribution is 2.20. The van der Waals surface area contributed by atoms with Crippen LogP contribution in [0.5, 0.6) is 0 Å². The van der Waals surface area contributed by atoms with E-state index in [0.29, 0.717) is 6.42 Å². The van der Waals surface area contributed by atoms with Crippen LogP contribution >= 0.6 is 0 Å². The van der Waals surface area contributed by atoms with Crippen LogP contribution in [0.25, 0.3) is 0 Å². The first kappa shape index (κ1) is 14.8. The Bertz CT molecular complexity index is 665. The van der Waals surface area contributed by atoms with Gasteiger partial charge in [-0.05, 0) is 18.9 Å². The summed E-state index contributed by atoms with van der Waals surface area (Å²) in [5.41, 5.74) is 3.04. The van der Waals surface area contributed by atoms with Gasteiger partial charge < -0.3 is 15.0 Å². The van der Waals surface area contributed by atoms with Crippen molar-refractivity contribution in [1.29, 1.82) is 0 Å². The molecule has 2 unspecified atom stereocenters. The summed E-state index contributed by atoms with van der Waals surface area (Å²) in [6.45, 7) is 3.06. The lowest BCUT2D eigenvalue weighted by molar-refractivity contribution is -0.126. The standard InChI is InChI=1S/C17H21N3O2/c1-12-3-2-4-13(7-12)16(21)10-19-17(22)14-5-6-20-11-18-9-15(20)8-14/h2-4,7,9,11,14,16,21H,5-6,8,10H2,1H3,(H,19,22). The van der Waals surface area contributed by atoms with Crippen molar-refractivity contribution in [3.8, 4) is 0 Å². The highest BCUT2D eigenvalue weighted by Gasteiger charge is 2.25. The third-order valence-corrected chi connectivity index (χ3v) is 4.24. The first-order chi connectivity index (χ1) is 10.6. The fourth-order valence-electron chi connectivity index (χ4n) is 2.93. The average molecular weight is 299 g/mol. The molecule has 2 atom stereocenters. The van der Waals surface area contributed by atoms with Crippen molar-refractivity contribution in [2.45, 2.75) is 32.4 Å². The number of nitrogens with one attached hydrogen (secondary N) is 1. The highest BCUT2D eigenvalue weighted by molar-refractivity contribution is 5.79. The van der Waals surface area contributed by atoms with Gasteiger partial charge in [-0.25, -0.2) is 4.98 Å². The molecule has 5 heteroatoms. The lowest BCUT2D eigenvalue weighted by Gasteiger charge is -2.23. The van der Waals surface area contributed by atoms with Crippen LogP contribution in [0.3, 0.4) is 0 Å². The number of nitrogens with zero attached hydrogens (tertiary/aromatic N) is 2. The summed E-state index contributed by atoms with van der Waals surface area (Å²) in [7, 11) is 0. The molecule has 1 amide bonds. The summed E-state index contributed by atoms with van der Waals surface area (Å²) < 4.78 is 2.09. The molecule has 0 saturated carbocycles. The highest BCUT2D eigenvalue weighted by atomic mass is 16.3. The van der Waals surface area contributed by atoms with Gasteiger partial charge in [-0.3, -0.25) is 4.79 Å². The lowest BCUT2D eigenvalue weighted by atomic mass is 9.95. The molecule has 0 bridgehead atoms. The summed E-state index contributed by atoms with van der Waals surface area (Å²) >= 11 is 0. The summed E-state index contributed by atoms with van der Waals surface area (Å²) in [5.74, 6) is -0.0203. The molecule has 1 aromatic heterocycles. The fraction of sp³-hybridized carbons (Fsp3) is 0.412. The minimum atomic E-state index is -0.669. The van der Waals surface area contributed by atoms with Gasteiger partial charge in [0.15, 0.2) is 0 Å². The Morgan fingerprint density at radius 1 is 1.55 bits per heavy atom. The van der Waals surface area contributed by atoms with Crippen LogP contribution < -0.4 is 5.32 Å². The number of imidazole rings is 1. The smallest absolute Gasteiger partial charge is 0.223 e. The molecule has 2 aromatic rings. The van der Waals surface area contributed by atoms with Crippen LogP contribution in [0.4, 0.5) is 0 Å². The minimum absolute atomic E-state index is 0.0131. The molecule has 1 aromatic carbocycles. The van der Waals surface area contributed by atoms with Gasteiger partial charge in [-0.1, -0.05) is 29.8 Å². The van der Waals surface area contributed by atoms with E-state index in [4.69, 9.17) is 0 Å². The SMILES string of the molecule is Cc1cccc(C(O)CNC(=O)C2CCn3cncc3C2)c1. The van der Waals surface area contributed by atoms with Gasteiger partial charge in [0.2, 0.25) is 5.91 Å². The Kier molecular flexibility index (Phi) is 4.24. The number of rotatable bonds is 4. The summed E-state index contributed by atoms with van der Waals surface area (Å²) in [4.78, 5) is 16.4. The third kappa shape index (κ3) is 3.20. The second-order valence-corrected chi connectivity index (χ2v) is 5.94. The third-order valence-electron chi connectivity index (χ3n) is 4.24. The van der Waals surface area contributed by atoms with E-state index in [1.165, 1.54) is 0 Å². The number of hydrogen-bond acceptors (Lipinski definition) is 3. The zero-order chi connectivity index (χ0) is 15.5. The molecule has 0 saturated heterocycles. The number of carbonyl (C=O) groups is 1. The number of aromatic nitrogens is 2. The number of hydrogen-bond donors (Lipinski definition) is 2. The van der Waals surface area contributed by atoms with Gasteiger partial charge in [0.05, 0.1) is 12.4 Å². The van der Waals surface area contributed by atoms with Gasteiger partial charge in [0.1, 0.15) is 0 Å². The number of aliphatic hydroxyl groups is 1. The maximum atomic E-state index is 12.3. The van der Waals surface area contributed by atoms with E-state index in [2.05, 4.69) is 14.9 Å². The van der Waals surface area contributed by atoms with E-state index >= 15 is 0 Å². The van der Waals surface area contributed by atoms with E-state index in [1.807, 2.05) is 43.7 Å². The van der Waals surface area contributed by atoms with E-state index in [0.717, 1.165) is 29.8 Å². The predicted octanol–water partition coefficient (Wildman–Crippen LogP) is 1.60. The topological polar surface area (TPSA) is 67.2 Å². The van der Waals surface area contributed by atoms with Crippen LogP contribution in [-0.2, 0) is 17.8 Å². The maximum absolute atomic E-state index is 12.3. The van der Waals surface area contributed by atoms with Crippen LogP contribution in [0, 0.1) is 12.8 Å². The molecule has 0 fully saturated rings. The molecular formula is C17H21N3O2. The van der Waals surface area contributed by atoms with Crippen LogP contribution in [0.2, 0.25) is 0 Å². The number of aryl methyl sites for hydroxylation is 2. The van der Waals surface area contributed by atoms with Crippen molar-refractivity contribution in [3.05, 3.63) is 53.6 Å². The van der Waals surface area contributed by atoms with Crippen LogP contribution in [-0.4, -0.2) is 27.1 Å². The average Bonchev–Trinajstić information content (AvgIpc) is 2.99. The second kappa shape index (κ2) is 6.32. The first-order valence-corrected chi connectivity index (χ1v) is 7.65. The molecule has 5 nitrogen and oxygen atoms in total. The zero-order valence-electron chi connectivity index (χ0n) is 12.7. The lowest BCUT2D eigenvalue weighted by Crippen LogP contribution is -2.37. The van der Waals surface area contributed by atoms with Crippen molar-refractivity contribution < 1.29 is 9.90 Å². The van der Waals surface area contributed by atoms with Gasteiger partial charge >= 0.3 is 0 Å². The monoisotopic (exact) mass is 299 g/mol. The molecular weight excluding hydrogens is 278 g/mol. The van der Waals surface area contributed by atoms with Gasteiger partial charge in [-0.15, -0.1) is 0 Å². The van der Waals surface area contributed by atoms with Crippen molar-refractivity contribution in [3.63, 3.8) is 0 Å². The van der Waals surface area contributed by atoms with Crippen LogP contribution in [0.1, 0.15) is 29.3 Å². The van der Waals surface area contributed by atoms with E-state index in [1.54, 1.807) is 0 Å². The predicted molar refractivity (Wildman–Crippen MR) is 83.2 cm³/mol. The van der Waals surface area contributed by atoms with Crippen molar-refractivity contribution >= 4 is 5.91 Å². The quantitative estimate of drug-likeness (QED) is 0.901. The molecule has 1 aliphatic heterocycles. The number of aliphatic hydroxyl groups excluding tert-OH is 1. The van der Waals surface area contributed by atoms with Crippen molar-refractivity contribution in [2.24, 2.45) is 5.92 Å². The minimum Gasteiger partial charge on any atom is -0.387 e. The van der Waals surface area contributed by atoms with E-state index in [-0.39, 0.29) is 18.4 Å². The van der Waals surface area contributed by atoms with Crippen molar-refractivity contribution in [1.82, 2.24) is 14.9 Å². The van der Waals surface area contributed by atoms with Gasteiger partial charge in [-0.2, -0.15) is 0 Å². The Labute approximate surface area is 130 Å². The van der Waals surface area contributed by atoms with Crippen LogP contribution in [0.15, 0.2) is 36.8 Å². The molecule has 2 N–H and O–H groups in total. The summed E-state index contributed by atoms with van der Waals surface area (Å²) in [6.07, 6.45) is 4.49. The Hall–Kier alpha value is -2.14. The Morgan fingerprint density at radius 2 is 2.41 bits per heavy atom. The normalized spacial score (nSPS) is 18.5. The van der Waals surface area contributed by atoms with Gasteiger partial charge in [0.25, 0.3) is 0 Å². The summed E-state index contributed by atoms with van der Waals surface area (Å²) in [6, 6.07) is 7.72. The van der Waals surface area contributed by atoms with E-state index < -0.39 is 6.10 Å². The Morgan fingerprint density at radius 3 is 3.23 bits per heavy atom. The molecule has 2 heterocycles. The first-order valence-electron chi connectivity index (χ1n) is 7.65. The van der Waals surface area contributed by atoms with Crippen molar-refractivity contribution in [2.75, 3.05) is 6.54 Å². The molecule has 3 rings (SSSR count). The number of fused-ring (bicyclic) bond motifs is 1.